The number of ether oxygens (including phenoxy) is 1. The first kappa shape index (κ1) is 12.5. The average Bonchev–Trinajstić information content (AvgIpc) is 2.25. The first-order chi connectivity index (χ1) is 7.56. The number of carboxylic acids is 1. The van der Waals surface area contributed by atoms with E-state index in [1.807, 2.05) is 0 Å². The lowest BCUT2D eigenvalue weighted by Gasteiger charge is -2.34. The molecule has 2 N–H and O–H groups in total. The quantitative estimate of drug-likeness (QED) is 0.676. The molecule has 6 heteroatoms. The van der Waals surface area contributed by atoms with Gasteiger partial charge in [-0.25, -0.2) is 9.59 Å². The van der Waals surface area contributed by atoms with Crippen molar-refractivity contribution in [3.8, 4) is 0 Å². The molecule has 0 unspecified atom stereocenters. The van der Waals surface area contributed by atoms with E-state index in [1.54, 1.807) is 0 Å². The summed E-state index contributed by atoms with van der Waals surface area (Å²) in [4.78, 5) is 23.4. The van der Waals surface area contributed by atoms with Crippen LogP contribution < -0.4 is 0 Å². The molecule has 0 bridgehead atoms. The number of aliphatic hydroxyl groups excluding tert-OH is 1. The number of hydrogen-bond donors (Lipinski definition) is 2. The van der Waals surface area contributed by atoms with Crippen LogP contribution in [-0.4, -0.2) is 52.5 Å². The fourth-order valence-electron chi connectivity index (χ4n) is 1.62. The molecule has 6 nitrogen and oxygen atoms in total. The van der Waals surface area contributed by atoms with Gasteiger partial charge in [0, 0.05) is 0 Å². The van der Waals surface area contributed by atoms with Crippen LogP contribution in [0.3, 0.4) is 0 Å². The third-order valence-electron chi connectivity index (χ3n) is 2.40. The Morgan fingerprint density at radius 2 is 2.19 bits per heavy atom. The van der Waals surface area contributed by atoms with Gasteiger partial charge in [0.15, 0.2) is 0 Å². The molecule has 0 saturated carbocycles. The zero-order valence-corrected chi connectivity index (χ0v) is 8.83. The summed E-state index contributed by atoms with van der Waals surface area (Å²) in [6, 6.07) is -0.916. The van der Waals surface area contributed by atoms with Crippen molar-refractivity contribution in [3.05, 3.63) is 12.7 Å². The van der Waals surface area contributed by atoms with Crippen LogP contribution in [0.5, 0.6) is 0 Å². The van der Waals surface area contributed by atoms with E-state index < -0.39 is 24.2 Å². The van der Waals surface area contributed by atoms with Crippen molar-refractivity contribution in [3.63, 3.8) is 0 Å². The first-order valence-electron chi connectivity index (χ1n) is 5.01. The molecule has 0 aromatic heterocycles. The second kappa shape index (κ2) is 5.50. The van der Waals surface area contributed by atoms with Gasteiger partial charge >= 0.3 is 12.1 Å². The summed E-state index contributed by atoms with van der Waals surface area (Å²) in [5.41, 5.74) is 0. The Bertz CT molecular complexity index is 291. The van der Waals surface area contributed by atoms with E-state index in [2.05, 4.69) is 6.58 Å². The maximum Gasteiger partial charge on any atom is 0.410 e. The summed E-state index contributed by atoms with van der Waals surface area (Å²) < 4.78 is 4.75. The molecule has 1 saturated heterocycles. The maximum absolute atomic E-state index is 11.5. The number of aliphatic hydroxyl groups is 1. The molecule has 16 heavy (non-hydrogen) atoms. The number of hydrogen-bond acceptors (Lipinski definition) is 4. The summed E-state index contributed by atoms with van der Waals surface area (Å²) in [6.07, 6.45) is 0.591. The number of piperidine rings is 1. The molecule has 90 valence electrons. The van der Waals surface area contributed by atoms with E-state index >= 15 is 0 Å². The van der Waals surface area contributed by atoms with Gasteiger partial charge in [0.05, 0.1) is 12.6 Å². The Morgan fingerprint density at radius 1 is 1.50 bits per heavy atom. The number of β-amino-alcohol motifs (C(OH)–C–C–N with tert-alkyl or cyclic N) is 1. The standard InChI is InChI=1S/C10H15NO5/c1-2-5-16-10(15)11-6-7(12)3-4-8(11)9(13)14/h2,7-8,12H,1,3-6H2,(H,13,14)/t7-,8-/m0/s1. The van der Waals surface area contributed by atoms with Crippen molar-refractivity contribution in [2.75, 3.05) is 13.2 Å². The molecule has 0 spiro atoms. The molecule has 1 fully saturated rings. The van der Waals surface area contributed by atoms with E-state index in [0.29, 0.717) is 6.42 Å². The molecule has 1 aliphatic heterocycles. The molecule has 1 rings (SSSR count). The van der Waals surface area contributed by atoms with Crippen LogP contribution in [-0.2, 0) is 9.53 Å². The van der Waals surface area contributed by atoms with E-state index in [1.165, 1.54) is 6.08 Å². The Balaban J connectivity index is 2.66. The van der Waals surface area contributed by atoms with Crippen LogP contribution in [0.2, 0.25) is 0 Å². The Labute approximate surface area is 93.1 Å². The molecule has 0 aromatic rings. The van der Waals surface area contributed by atoms with E-state index in [9.17, 15) is 14.7 Å². The minimum atomic E-state index is -1.08. The van der Waals surface area contributed by atoms with Gasteiger partial charge < -0.3 is 14.9 Å². The molecule has 0 aromatic carbocycles. The van der Waals surface area contributed by atoms with Gasteiger partial charge in [-0.1, -0.05) is 12.7 Å². The summed E-state index contributed by atoms with van der Waals surface area (Å²) in [6.45, 7) is 3.40. The fourth-order valence-corrected chi connectivity index (χ4v) is 1.62. The Hall–Kier alpha value is -1.56. The Kier molecular flexibility index (Phi) is 4.30. The van der Waals surface area contributed by atoms with Crippen molar-refractivity contribution >= 4 is 12.1 Å². The van der Waals surface area contributed by atoms with Gasteiger partial charge in [0.2, 0.25) is 0 Å². The lowest BCUT2D eigenvalue weighted by Crippen LogP contribution is -2.52. The van der Waals surface area contributed by atoms with E-state index in [0.717, 1.165) is 4.90 Å². The highest BCUT2D eigenvalue weighted by Gasteiger charge is 2.36. The number of aliphatic carboxylic acids is 1. The second-order valence-corrected chi connectivity index (χ2v) is 3.60. The molecular weight excluding hydrogens is 214 g/mol. The van der Waals surface area contributed by atoms with E-state index in [-0.39, 0.29) is 19.6 Å². The molecule has 0 radical (unpaired) electrons. The number of amides is 1. The topological polar surface area (TPSA) is 87.1 Å². The van der Waals surface area contributed by atoms with Gasteiger partial charge in [-0.05, 0) is 12.8 Å². The summed E-state index contributed by atoms with van der Waals surface area (Å²) in [5.74, 6) is -1.08. The highest BCUT2D eigenvalue weighted by molar-refractivity contribution is 5.80. The highest BCUT2D eigenvalue weighted by Crippen LogP contribution is 2.18. The monoisotopic (exact) mass is 229 g/mol. The third-order valence-corrected chi connectivity index (χ3v) is 2.40. The van der Waals surface area contributed by atoms with Crippen LogP contribution in [0.1, 0.15) is 12.8 Å². The van der Waals surface area contributed by atoms with Gasteiger partial charge in [0.25, 0.3) is 0 Å². The fraction of sp³-hybridized carbons (Fsp3) is 0.600. The first-order valence-corrected chi connectivity index (χ1v) is 5.01. The van der Waals surface area contributed by atoms with Gasteiger partial charge in [-0.15, -0.1) is 0 Å². The predicted octanol–water partition coefficient (Wildman–Crippen LogP) is 0.219. The molecule has 1 aliphatic rings. The maximum atomic E-state index is 11.5. The van der Waals surface area contributed by atoms with Crippen LogP contribution in [0, 0.1) is 0 Å². The zero-order valence-electron chi connectivity index (χ0n) is 8.83. The number of carbonyl (C=O) groups is 2. The van der Waals surface area contributed by atoms with Gasteiger partial charge in [-0.2, -0.15) is 0 Å². The summed E-state index contributed by atoms with van der Waals surface area (Å²) >= 11 is 0. The normalized spacial score (nSPS) is 24.9. The Morgan fingerprint density at radius 3 is 2.75 bits per heavy atom. The minimum Gasteiger partial charge on any atom is -0.480 e. The van der Waals surface area contributed by atoms with Crippen LogP contribution >= 0.6 is 0 Å². The van der Waals surface area contributed by atoms with Gasteiger partial charge in [0.1, 0.15) is 12.6 Å². The minimum absolute atomic E-state index is 0.00700. The smallest absolute Gasteiger partial charge is 0.410 e. The average molecular weight is 229 g/mol. The van der Waals surface area contributed by atoms with E-state index in [4.69, 9.17) is 9.84 Å². The highest BCUT2D eigenvalue weighted by atomic mass is 16.6. The van der Waals surface area contributed by atoms with Gasteiger partial charge in [-0.3, -0.25) is 4.90 Å². The van der Waals surface area contributed by atoms with Crippen molar-refractivity contribution in [1.29, 1.82) is 0 Å². The number of likely N-dealkylation sites (tertiary alicyclic amines) is 1. The molecule has 1 heterocycles. The molecular formula is C10H15NO5. The van der Waals surface area contributed by atoms with Crippen molar-refractivity contribution < 1.29 is 24.5 Å². The SMILES string of the molecule is C=CCOC(=O)N1C[C@@H](O)CC[C@H]1C(=O)O. The van der Waals surface area contributed by atoms with Crippen LogP contribution in [0.25, 0.3) is 0 Å². The lowest BCUT2D eigenvalue weighted by atomic mass is 10.0. The largest absolute Gasteiger partial charge is 0.480 e. The number of carboxylic acid groups (broad SMARTS) is 1. The summed E-state index contributed by atoms with van der Waals surface area (Å²) in [5, 5.41) is 18.3. The zero-order chi connectivity index (χ0) is 12.1. The van der Waals surface area contributed by atoms with Crippen molar-refractivity contribution in [1.82, 2.24) is 4.90 Å². The van der Waals surface area contributed by atoms with Crippen LogP contribution in [0.4, 0.5) is 4.79 Å². The van der Waals surface area contributed by atoms with Crippen LogP contribution in [0.15, 0.2) is 12.7 Å². The lowest BCUT2D eigenvalue weighted by molar-refractivity contribution is -0.145. The van der Waals surface area contributed by atoms with Crippen molar-refractivity contribution in [2.45, 2.75) is 25.0 Å². The number of carbonyl (C=O) groups excluding carboxylic acids is 1. The number of nitrogens with zero attached hydrogens (tertiary/aromatic N) is 1. The van der Waals surface area contributed by atoms with Crippen molar-refractivity contribution in [2.24, 2.45) is 0 Å². The third kappa shape index (κ3) is 2.96. The molecule has 0 aliphatic carbocycles. The summed E-state index contributed by atoms with van der Waals surface area (Å²) in [7, 11) is 0. The second-order valence-electron chi connectivity index (χ2n) is 3.60. The number of rotatable bonds is 3. The molecule has 1 amide bonds. The predicted molar refractivity (Wildman–Crippen MR) is 54.9 cm³/mol. The molecule has 2 atom stereocenters.